The van der Waals surface area contributed by atoms with E-state index in [2.05, 4.69) is 15.6 Å². The minimum absolute atomic E-state index is 0.287. The summed E-state index contributed by atoms with van der Waals surface area (Å²) in [5, 5.41) is 5.58. The summed E-state index contributed by atoms with van der Waals surface area (Å²) in [7, 11) is 2.60. The Morgan fingerprint density at radius 2 is 1.88 bits per heavy atom. The Labute approximate surface area is 145 Å². The molecule has 1 amide bonds. The molecule has 0 heterocycles. The highest BCUT2D eigenvalue weighted by Gasteiger charge is 2.31. The molecule has 0 atom stereocenters. The van der Waals surface area contributed by atoms with Crippen LogP contribution in [0.4, 0.5) is 13.2 Å². The van der Waals surface area contributed by atoms with Gasteiger partial charge in [-0.1, -0.05) is 17.7 Å². The number of hydrogen-bond donors (Lipinski definition) is 2. The normalized spacial score (nSPS) is 11.8. The van der Waals surface area contributed by atoms with Crippen LogP contribution in [0.2, 0.25) is 0 Å². The van der Waals surface area contributed by atoms with Gasteiger partial charge in [0.2, 0.25) is 5.91 Å². The predicted octanol–water partition coefficient (Wildman–Crippen LogP) is 1.56. The molecular weight excluding hydrogens is 337 g/mol. The zero-order valence-corrected chi connectivity index (χ0v) is 14.5. The number of alkyl halides is 3. The number of ether oxygens (including phenoxy) is 1. The van der Waals surface area contributed by atoms with E-state index in [1.165, 1.54) is 7.05 Å². The van der Waals surface area contributed by atoms with E-state index < -0.39 is 18.6 Å². The summed E-state index contributed by atoms with van der Waals surface area (Å²) in [6.45, 7) is 1.19. The number of benzene rings is 1. The molecule has 0 aromatic heterocycles. The summed E-state index contributed by atoms with van der Waals surface area (Å²) in [6, 6.07) is 7.59. The molecule has 25 heavy (non-hydrogen) atoms. The van der Waals surface area contributed by atoms with E-state index in [4.69, 9.17) is 4.74 Å². The van der Waals surface area contributed by atoms with Crippen molar-refractivity contribution < 1.29 is 22.7 Å². The van der Waals surface area contributed by atoms with Gasteiger partial charge in [0, 0.05) is 14.1 Å². The summed E-state index contributed by atoms with van der Waals surface area (Å²) >= 11 is 0. The maximum absolute atomic E-state index is 12.2. The van der Waals surface area contributed by atoms with Crippen LogP contribution in [-0.2, 0) is 4.79 Å². The van der Waals surface area contributed by atoms with Gasteiger partial charge in [0.1, 0.15) is 18.9 Å². The maximum atomic E-state index is 12.2. The van der Waals surface area contributed by atoms with Crippen molar-refractivity contribution in [2.45, 2.75) is 13.1 Å². The number of hydrogen-bond acceptors (Lipinski definition) is 3. The topological polar surface area (TPSA) is 66.0 Å². The van der Waals surface area contributed by atoms with E-state index in [1.54, 1.807) is 0 Å². The standard InChI is InChI=1S/C16H23F3N4O2/c1-12-4-6-13(7-5-12)25-9-8-21-15(20-2)22-10-14(24)23(3)11-16(17,18)19/h4-7H,8-11H2,1-3H3,(H2,20,21,22). The van der Waals surface area contributed by atoms with E-state index in [0.29, 0.717) is 24.0 Å². The molecule has 0 saturated heterocycles. The number of likely N-dealkylation sites (N-methyl/N-ethyl adjacent to an activating group) is 1. The van der Waals surface area contributed by atoms with E-state index in [1.807, 2.05) is 31.2 Å². The van der Waals surface area contributed by atoms with Crippen molar-refractivity contribution in [1.82, 2.24) is 15.5 Å². The molecule has 0 spiro atoms. The number of nitrogens with zero attached hydrogens (tertiary/aromatic N) is 2. The molecule has 0 fully saturated rings. The maximum Gasteiger partial charge on any atom is 0.406 e. The number of guanidine groups is 1. The van der Waals surface area contributed by atoms with Crippen molar-refractivity contribution in [3.63, 3.8) is 0 Å². The molecule has 2 N–H and O–H groups in total. The highest BCUT2D eigenvalue weighted by molar-refractivity contribution is 5.86. The average Bonchev–Trinajstić information content (AvgIpc) is 2.54. The molecule has 0 bridgehead atoms. The van der Waals surface area contributed by atoms with Crippen LogP contribution in [-0.4, -0.2) is 63.3 Å². The third-order valence-corrected chi connectivity index (χ3v) is 3.16. The van der Waals surface area contributed by atoms with Crippen LogP contribution in [0.1, 0.15) is 5.56 Å². The van der Waals surface area contributed by atoms with Gasteiger partial charge in [-0.2, -0.15) is 13.2 Å². The zero-order valence-electron chi connectivity index (χ0n) is 14.5. The molecule has 0 aliphatic heterocycles. The number of amides is 1. The Morgan fingerprint density at radius 1 is 1.24 bits per heavy atom. The first-order valence-corrected chi connectivity index (χ1v) is 7.66. The van der Waals surface area contributed by atoms with Crippen LogP contribution in [0.15, 0.2) is 29.3 Å². The second-order valence-electron chi connectivity index (χ2n) is 5.38. The number of nitrogens with one attached hydrogen (secondary N) is 2. The SMILES string of the molecule is CN=C(NCCOc1ccc(C)cc1)NCC(=O)N(C)CC(F)(F)F. The van der Waals surface area contributed by atoms with Crippen molar-refractivity contribution in [3.8, 4) is 5.75 Å². The van der Waals surface area contributed by atoms with Gasteiger partial charge in [-0.15, -0.1) is 0 Å². The molecule has 1 aromatic carbocycles. The highest BCUT2D eigenvalue weighted by atomic mass is 19.4. The van der Waals surface area contributed by atoms with Gasteiger partial charge in [0.25, 0.3) is 0 Å². The van der Waals surface area contributed by atoms with Gasteiger partial charge in [-0.05, 0) is 19.1 Å². The Hall–Kier alpha value is -2.45. The third kappa shape index (κ3) is 8.83. The number of aryl methyl sites for hydroxylation is 1. The largest absolute Gasteiger partial charge is 0.492 e. The monoisotopic (exact) mass is 360 g/mol. The summed E-state index contributed by atoms with van der Waals surface area (Å²) in [6.07, 6.45) is -4.42. The molecule has 1 aromatic rings. The number of carbonyl (C=O) groups excluding carboxylic acids is 1. The quantitative estimate of drug-likeness (QED) is 0.440. The lowest BCUT2D eigenvalue weighted by molar-refractivity contribution is -0.157. The summed E-state index contributed by atoms with van der Waals surface area (Å²) in [5.74, 6) is 0.358. The van der Waals surface area contributed by atoms with Crippen molar-refractivity contribution in [3.05, 3.63) is 29.8 Å². The minimum atomic E-state index is -4.42. The van der Waals surface area contributed by atoms with Crippen molar-refractivity contribution in [2.24, 2.45) is 4.99 Å². The molecule has 6 nitrogen and oxygen atoms in total. The molecule has 140 valence electrons. The van der Waals surface area contributed by atoms with Gasteiger partial charge < -0.3 is 20.3 Å². The van der Waals surface area contributed by atoms with Crippen LogP contribution < -0.4 is 15.4 Å². The number of rotatable bonds is 7. The van der Waals surface area contributed by atoms with Crippen LogP contribution in [0.3, 0.4) is 0 Å². The van der Waals surface area contributed by atoms with E-state index in [-0.39, 0.29) is 6.54 Å². The van der Waals surface area contributed by atoms with Gasteiger partial charge in [0.05, 0.1) is 13.1 Å². The lowest BCUT2D eigenvalue weighted by Gasteiger charge is -2.20. The number of carbonyl (C=O) groups is 1. The van der Waals surface area contributed by atoms with E-state index in [0.717, 1.165) is 18.4 Å². The summed E-state index contributed by atoms with van der Waals surface area (Å²) < 4.78 is 42.2. The lowest BCUT2D eigenvalue weighted by atomic mass is 10.2. The van der Waals surface area contributed by atoms with Crippen LogP contribution >= 0.6 is 0 Å². The van der Waals surface area contributed by atoms with E-state index in [9.17, 15) is 18.0 Å². The fraction of sp³-hybridized carbons (Fsp3) is 0.500. The fourth-order valence-electron chi connectivity index (χ4n) is 1.84. The molecule has 1 rings (SSSR count). The van der Waals surface area contributed by atoms with Gasteiger partial charge in [0.15, 0.2) is 5.96 Å². The summed E-state index contributed by atoms with van der Waals surface area (Å²) in [4.78, 5) is 16.1. The van der Waals surface area contributed by atoms with Crippen LogP contribution in [0.25, 0.3) is 0 Å². The Bertz CT molecular complexity index is 574. The first-order chi connectivity index (χ1) is 11.7. The molecular formula is C16H23F3N4O2. The Morgan fingerprint density at radius 3 is 2.44 bits per heavy atom. The summed E-state index contributed by atoms with van der Waals surface area (Å²) in [5.41, 5.74) is 1.13. The van der Waals surface area contributed by atoms with Gasteiger partial charge in [-0.3, -0.25) is 9.79 Å². The first kappa shape index (κ1) is 20.6. The molecule has 0 radical (unpaired) electrons. The molecule has 0 unspecified atom stereocenters. The van der Waals surface area contributed by atoms with Crippen molar-refractivity contribution in [1.29, 1.82) is 0 Å². The predicted molar refractivity (Wildman–Crippen MR) is 89.7 cm³/mol. The smallest absolute Gasteiger partial charge is 0.406 e. The van der Waals surface area contributed by atoms with Gasteiger partial charge >= 0.3 is 6.18 Å². The second kappa shape index (κ2) is 9.75. The van der Waals surface area contributed by atoms with E-state index >= 15 is 0 Å². The molecule has 0 aliphatic carbocycles. The van der Waals surface area contributed by atoms with Gasteiger partial charge in [-0.25, -0.2) is 0 Å². The highest BCUT2D eigenvalue weighted by Crippen LogP contribution is 2.15. The van der Waals surface area contributed by atoms with Crippen LogP contribution in [0, 0.1) is 6.92 Å². The average molecular weight is 360 g/mol. The zero-order chi connectivity index (χ0) is 18.9. The lowest BCUT2D eigenvalue weighted by Crippen LogP contribution is -2.46. The minimum Gasteiger partial charge on any atom is -0.492 e. The first-order valence-electron chi connectivity index (χ1n) is 7.66. The Balaban J connectivity index is 2.28. The number of aliphatic imine (C=N–C) groups is 1. The molecule has 0 saturated carbocycles. The second-order valence-corrected chi connectivity index (χ2v) is 5.38. The van der Waals surface area contributed by atoms with Crippen molar-refractivity contribution in [2.75, 3.05) is 40.3 Å². The number of halogens is 3. The molecule has 0 aliphatic rings. The Kier molecular flexibility index (Phi) is 8.03. The van der Waals surface area contributed by atoms with Crippen molar-refractivity contribution >= 4 is 11.9 Å². The van der Waals surface area contributed by atoms with Crippen LogP contribution in [0.5, 0.6) is 5.75 Å². The fourth-order valence-corrected chi connectivity index (χ4v) is 1.84. The third-order valence-electron chi connectivity index (χ3n) is 3.16. The molecule has 9 heteroatoms.